The van der Waals surface area contributed by atoms with E-state index >= 15 is 0 Å². The molecule has 2 heterocycles. The molecule has 1 N–H and O–H groups in total. The Morgan fingerprint density at radius 1 is 1.03 bits per heavy atom. The van der Waals surface area contributed by atoms with Gasteiger partial charge in [0.2, 0.25) is 0 Å². The van der Waals surface area contributed by atoms with Crippen molar-refractivity contribution in [1.82, 2.24) is 10.3 Å². The van der Waals surface area contributed by atoms with E-state index < -0.39 is 11.7 Å². The van der Waals surface area contributed by atoms with Gasteiger partial charge in [-0.25, -0.2) is 0 Å². The molecule has 0 atom stereocenters. The average molecular weight is 412 g/mol. The van der Waals surface area contributed by atoms with Gasteiger partial charge >= 0.3 is 6.18 Å². The number of nitrogens with zero attached hydrogens (tertiary/aromatic N) is 1. The molecule has 3 nitrogen and oxygen atoms in total. The number of nitrogens with one attached hydrogen (secondary N) is 1. The lowest BCUT2D eigenvalue weighted by Crippen LogP contribution is -2.23. The second-order valence-electron chi connectivity index (χ2n) is 6.46. The summed E-state index contributed by atoms with van der Waals surface area (Å²) >= 11 is 1.60. The van der Waals surface area contributed by atoms with Crippen LogP contribution < -0.4 is 5.32 Å². The zero-order chi connectivity index (χ0) is 20.4. The number of rotatable bonds is 4. The molecule has 7 heteroatoms. The molecule has 0 spiro atoms. The van der Waals surface area contributed by atoms with Gasteiger partial charge in [-0.05, 0) is 35.9 Å². The van der Waals surface area contributed by atoms with Gasteiger partial charge in [-0.15, -0.1) is 11.3 Å². The number of fused-ring (bicyclic) bond motifs is 1. The maximum atomic E-state index is 12.8. The fourth-order valence-corrected chi connectivity index (χ4v) is 3.99. The summed E-state index contributed by atoms with van der Waals surface area (Å²) in [7, 11) is 0. The lowest BCUT2D eigenvalue weighted by Gasteiger charge is -2.10. The fourth-order valence-electron chi connectivity index (χ4n) is 3.04. The van der Waals surface area contributed by atoms with Crippen molar-refractivity contribution in [2.75, 3.05) is 0 Å². The lowest BCUT2D eigenvalue weighted by atomic mass is 10.1. The van der Waals surface area contributed by atoms with Crippen LogP contribution in [0, 0.1) is 0 Å². The largest absolute Gasteiger partial charge is 0.416 e. The molecule has 4 rings (SSSR count). The fraction of sp³-hybridized carbons (Fsp3) is 0.0909. The number of carbonyl (C=O) groups is 1. The molecule has 146 valence electrons. The Morgan fingerprint density at radius 3 is 2.69 bits per heavy atom. The Hall–Kier alpha value is -3.19. The van der Waals surface area contributed by atoms with E-state index in [1.54, 1.807) is 35.7 Å². The quantitative estimate of drug-likeness (QED) is 0.453. The molecule has 1 amide bonds. The van der Waals surface area contributed by atoms with Crippen LogP contribution in [0.1, 0.15) is 21.5 Å². The van der Waals surface area contributed by atoms with Crippen molar-refractivity contribution in [2.24, 2.45) is 0 Å². The second-order valence-corrected chi connectivity index (χ2v) is 7.37. The highest BCUT2D eigenvalue weighted by Crippen LogP contribution is 2.33. The number of aromatic nitrogens is 1. The Labute approximate surface area is 168 Å². The molecule has 0 unspecified atom stereocenters. The minimum atomic E-state index is -4.41. The number of carbonyl (C=O) groups excluding carboxylic acids is 1. The summed E-state index contributed by atoms with van der Waals surface area (Å²) in [6.45, 7) is 0.00178. The highest BCUT2D eigenvalue weighted by Gasteiger charge is 2.30. The van der Waals surface area contributed by atoms with Gasteiger partial charge in [0.15, 0.2) is 0 Å². The minimum Gasteiger partial charge on any atom is -0.348 e. The minimum absolute atomic E-state index is 0.00178. The topological polar surface area (TPSA) is 42.0 Å². The molecule has 0 radical (unpaired) electrons. The van der Waals surface area contributed by atoms with Gasteiger partial charge in [-0.2, -0.15) is 13.2 Å². The van der Waals surface area contributed by atoms with Crippen molar-refractivity contribution in [2.45, 2.75) is 12.7 Å². The molecule has 0 aliphatic heterocycles. The van der Waals surface area contributed by atoms with Crippen LogP contribution >= 0.6 is 11.3 Å². The molecule has 29 heavy (non-hydrogen) atoms. The van der Waals surface area contributed by atoms with Crippen LogP contribution in [0.2, 0.25) is 0 Å². The van der Waals surface area contributed by atoms with Gasteiger partial charge in [-0.1, -0.05) is 30.3 Å². The summed E-state index contributed by atoms with van der Waals surface area (Å²) in [6.07, 6.45) is -2.86. The van der Waals surface area contributed by atoms with Crippen molar-refractivity contribution in [1.29, 1.82) is 0 Å². The van der Waals surface area contributed by atoms with Crippen LogP contribution in [0.3, 0.4) is 0 Å². The number of hydrogen-bond donors (Lipinski definition) is 1. The van der Waals surface area contributed by atoms with Crippen LogP contribution in [0.5, 0.6) is 0 Å². The third-order valence-electron chi connectivity index (χ3n) is 4.49. The summed E-state index contributed by atoms with van der Waals surface area (Å²) in [4.78, 5) is 16.9. The first kappa shape index (κ1) is 19.1. The van der Waals surface area contributed by atoms with Crippen LogP contribution in [0.4, 0.5) is 13.2 Å². The van der Waals surface area contributed by atoms with Crippen molar-refractivity contribution < 1.29 is 18.0 Å². The number of benzene rings is 2. The van der Waals surface area contributed by atoms with Gasteiger partial charge in [0.25, 0.3) is 5.91 Å². The van der Waals surface area contributed by atoms with E-state index in [1.807, 2.05) is 29.6 Å². The Morgan fingerprint density at radius 2 is 1.86 bits per heavy atom. The summed E-state index contributed by atoms with van der Waals surface area (Å²) in [6, 6.07) is 16.1. The van der Waals surface area contributed by atoms with E-state index in [1.165, 1.54) is 6.07 Å². The molecule has 2 aromatic heterocycles. The molecular formula is C22H15F3N2OS. The molecule has 2 aromatic carbocycles. The van der Waals surface area contributed by atoms with E-state index in [4.69, 9.17) is 0 Å². The summed E-state index contributed by atoms with van der Waals surface area (Å²) in [5, 5.41) is 5.73. The zero-order valence-corrected chi connectivity index (χ0v) is 15.8. The summed E-state index contributed by atoms with van der Waals surface area (Å²) in [5.41, 5.74) is 1.66. The first-order valence-corrected chi connectivity index (χ1v) is 9.67. The maximum Gasteiger partial charge on any atom is 0.416 e. The van der Waals surface area contributed by atoms with E-state index in [2.05, 4.69) is 10.3 Å². The molecule has 0 bridgehead atoms. The normalized spacial score (nSPS) is 11.6. The van der Waals surface area contributed by atoms with Crippen LogP contribution in [0.15, 0.2) is 72.2 Å². The number of pyridine rings is 1. The SMILES string of the molecule is O=C(NCc1cccc(C(F)(F)F)c1)c1ccnc(-c2csc3ccccc23)c1. The van der Waals surface area contributed by atoms with Crippen molar-refractivity contribution in [3.05, 3.63) is 88.9 Å². The second kappa shape index (κ2) is 7.67. The van der Waals surface area contributed by atoms with E-state index in [0.29, 0.717) is 16.8 Å². The van der Waals surface area contributed by atoms with Crippen molar-refractivity contribution in [3.8, 4) is 11.3 Å². The van der Waals surface area contributed by atoms with E-state index in [0.717, 1.165) is 27.8 Å². The Kier molecular flexibility index (Phi) is 5.07. The highest BCUT2D eigenvalue weighted by atomic mass is 32.1. The van der Waals surface area contributed by atoms with Crippen LogP contribution in [-0.2, 0) is 12.7 Å². The summed E-state index contributed by atoms with van der Waals surface area (Å²) < 4.78 is 39.6. The smallest absolute Gasteiger partial charge is 0.348 e. The third-order valence-corrected chi connectivity index (χ3v) is 5.45. The predicted octanol–water partition coefficient (Wildman–Crippen LogP) is 5.91. The molecular weight excluding hydrogens is 397 g/mol. The lowest BCUT2D eigenvalue weighted by molar-refractivity contribution is -0.137. The first-order chi connectivity index (χ1) is 13.9. The van der Waals surface area contributed by atoms with Gasteiger partial charge in [-0.3, -0.25) is 9.78 Å². The standard InChI is InChI=1S/C22H15F3N2OS/c23-22(24,25)16-5-3-4-14(10-16)12-27-21(28)15-8-9-26-19(11-15)18-13-29-20-7-2-1-6-17(18)20/h1-11,13H,12H2,(H,27,28). The molecule has 0 saturated carbocycles. The number of alkyl halides is 3. The molecule has 0 aliphatic rings. The van der Waals surface area contributed by atoms with Crippen molar-refractivity contribution >= 4 is 27.3 Å². The van der Waals surface area contributed by atoms with Gasteiger partial charge in [0.1, 0.15) is 0 Å². The molecule has 0 fully saturated rings. The molecule has 4 aromatic rings. The van der Waals surface area contributed by atoms with E-state index in [-0.39, 0.29) is 12.5 Å². The van der Waals surface area contributed by atoms with E-state index in [9.17, 15) is 18.0 Å². The van der Waals surface area contributed by atoms with Gasteiger partial charge in [0.05, 0.1) is 11.3 Å². The van der Waals surface area contributed by atoms with Gasteiger partial charge < -0.3 is 5.32 Å². The summed E-state index contributed by atoms with van der Waals surface area (Å²) in [5.74, 6) is -0.370. The number of halogens is 3. The monoisotopic (exact) mass is 412 g/mol. The zero-order valence-electron chi connectivity index (χ0n) is 15.0. The third kappa shape index (κ3) is 4.14. The number of hydrogen-bond acceptors (Lipinski definition) is 3. The highest BCUT2D eigenvalue weighted by molar-refractivity contribution is 7.17. The molecule has 0 aliphatic carbocycles. The molecule has 0 saturated heterocycles. The maximum absolute atomic E-state index is 12.8. The van der Waals surface area contributed by atoms with Crippen molar-refractivity contribution in [3.63, 3.8) is 0 Å². The first-order valence-electron chi connectivity index (χ1n) is 8.79. The number of amides is 1. The Balaban J connectivity index is 1.52. The van der Waals surface area contributed by atoms with Crippen LogP contribution in [0.25, 0.3) is 21.3 Å². The average Bonchev–Trinajstić information content (AvgIpc) is 3.16. The number of thiophene rings is 1. The Bertz CT molecular complexity index is 1180. The van der Waals surface area contributed by atoms with Gasteiger partial charge in [0, 0.05) is 39.3 Å². The van der Waals surface area contributed by atoms with Crippen LogP contribution in [-0.4, -0.2) is 10.9 Å². The predicted molar refractivity (Wildman–Crippen MR) is 108 cm³/mol.